The molecule has 1 rings (SSSR count). The van der Waals surface area contributed by atoms with E-state index in [0.717, 1.165) is 12.6 Å². The van der Waals surface area contributed by atoms with Gasteiger partial charge in [-0.25, -0.2) is 9.37 Å². The van der Waals surface area contributed by atoms with Crippen LogP contribution < -0.4 is 11.1 Å². The van der Waals surface area contributed by atoms with Crippen molar-refractivity contribution in [2.24, 2.45) is 5.92 Å². The molecule has 0 bridgehead atoms. The molecule has 1 aromatic rings. The minimum Gasteiger partial charge on any atom is -0.368 e. The number of aromatic nitrogens is 2. The number of anilines is 2. The van der Waals surface area contributed by atoms with Crippen molar-refractivity contribution in [2.75, 3.05) is 11.1 Å². The molecule has 0 aliphatic heterocycles. The lowest BCUT2D eigenvalue weighted by Gasteiger charge is -2.16. The van der Waals surface area contributed by atoms with Gasteiger partial charge in [-0.2, -0.15) is 4.98 Å². The van der Waals surface area contributed by atoms with Gasteiger partial charge in [-0.3, -0.25) is 0 Å². The molecule has 0 amide bonds. The van der Waals surface area contributed by atoms with Crippen LogP contribution in [-0.2, 0) is 0 Å². The summed E-state index contributed by atoms with van der Waals surface area (Å²) in [7, 11) is 0. The Morgan fingerprint density at radius 1 is 1.47 bits per heavy atom. The van der Waals surface area contributed by atoms with Gasteiger partial charge in [0, 0.05) is 6.04 Å². The number of nitrogens with zero attached hydrogens (tertiary/aromatic N) is 2. The summed E-state index contributed by atoms with van der Waals surface area (Å²) in [4.78, 5) is 7.36. The molecule has 3 N–H and O–H groups in total. The van der Waals surface area contributed by atoms with Crippen molar-refractivity contribution in [1.29, 1.82) is 0 Å². The largest absolute Gasteiger partial charge is 0.368 e. The molecule has 1 atom stereocenters. The van der Waals surface area contributed by atoms with Crippen molar-refractivity contribution in [1.82, 2.24) is 9.97 Å². The van der Waals surface area contributed by atoms with Gasteiger partial charge in [0.1, 0.15) is 0 Å². The van der Waals surface area contributed by atoms with Crippen LogP contribution in [0.2, 0.25) is 0 Å². The van der Waals surface area contributed by atoms with E-state index >= 15 is 0 Å². The zero-order valence-corrected chi connectivity index (χ0v) is 9.29. The zero-order valence-electron chi connectivity index (χ0n) is 9.29. The first-order valence-electron chi connectivity index (χ1n) is 5.03. The number of nitrogen functional groups attached to an aromatic ring is 1. The highest BCUT2D eigenvalue weighted by Crippen LogP contribution is 2.14. The van der Waals surface area contributed by atoms with Crippen LogP contribution in [-0.4, -0.2) is 16.0 Å². The number of nitrogens with two attached hydrogens (primary N) is 1. The van der Waals surface area contributed by atoms with Gasteiger partial charge in [0.25, 0.3) is 0 Å². The number of hydrogen-bond donors (Lipinski definition) is 2. The van der Waals surface area contributed by atoms with Crippen molar-refractivity contribution in [3.8, 4) is 0 Å². The van der Waals surface area contributed by atoms with E-state index in [-0.39, 0.29) is 17.8 Å². The average molecular weight is 212 g/mol. The monoisotopic (exact) mass is 212 g/mol. The van der Waals surface area contributed by atoms with Crippen LogP contribution in [0, 0.1) is 11.7 Å². The molecular formula is C10H17FN4. The molecule has 0 aromatic carbocycles. The van der Waals surface area contributed by atoms with Crippen LogP contribution in [0.3, 0.4) is 0 Å². The van der Waals surface area contributed by atoms with Gasteiger partial charge in [-0.15, -0.1) is 0 Å². The van der Waals surface area contributed by atoms with Gasteiger partial charge in [0.15, 0.2) is 11.6 Å². The van der Waals surface area contributed by atoms with Gasteiger partial charge in [0.05, 0.1) is 6.20 Å². The Bertz CT molecular complexity index is 327. The summed E-state index contributed by atoms with van der Waals surface area (Å²) in [5, 5.41) is 2.98. The first-order chi connectivity index (χ1) is 6.99. The lowest BCUT2D eigenvalue weighted by atomic mass is 10.1. The Hall–Kier alpha value is -1.39. The van der Waals surface area contributed by atoms with Gasteiger partial charge in [-0.05, 0) is 19.3 Å². The van der Waals surface area contributed by atoms with Crippen LogP contribution in [0.5, 0.6) is 0 Å². The Kier molecular flexibility index (Phi) is 3.82. The predicted octanol–water partition coefficient (Wildman–Crippen LogP) is 2.04. The maximum atomic E-state index is 13.2. The third kappa shape index (κ3) is 3.69. The topological polar surface area (TPSA) is 63.8 Å². The Morgan fingerprint density at radius 3 is 2.73 bits per heavy atom. The Balaban J connectivity index is 2.67. The van der Waals surface area contributed by atoms with Gasteiger partial charge in [0.2, 0.25) is 5.95 Å². The van der Waals surface area contributed by atoms with E-state index in [1.54, 1.807) is 0 Å². The molecule has 4 nitrogen and oxygen atoms in total. The molecule has 84 valence electrons. The highest BCUT2D eigenvalue weighted by molar-refractivity contribution is 5.39. The van der Waals surface area contributed by atoms with Crippen LogP contribution in [0.15, 0.2) is 6.20 Å². The quantitative estimate of drug-likeness (QED) is 0.801. The average Bonchev–Trinajstić information content (AvgIpc) is 2.10. The first-order valence-corrected chi connectivity index (χ1v) is 5.03. The molecule has 0 radical (unpaired) electrons. The highest BCUT2D eigenvalue weighted by Gasteiger charge is 2.10. The smallest absolute Gasteiger partial charge is 0.222 e. The number of halogens is 1. The lowest BCUT2D eigenvalue weighted by molar-refractivity contribution is 0.533. The number of nitrogens with one attached hydrogen (secondary N) is 1. The standard InChI is InChI=1S/C10H17FN4/c1-6(2)4-7(3)14-9-8(11)5-13-10(12)15-9/h5-7H,4H2,1-3H3,(H3,12,13,14,15). The normalized spacial score (nSPS) is 12.9. The SMILES string of the molecule is CC(C)CC(C)Nc1nc(N)ncc1F. The van der Waals surface area contributed by atoms with Gasteiger partial charge in [-0.1, -0.05) is 13.8 Å². The van der Waals surface area contributed by atoms with E-state index in [9.17, 15) is 4.39 Å². The van der Waals surface area contributed by atoms with Crippen LogP contribution in [0.4, 0.5) is 16.2 Å². The third-order valence-electron chi connectivity index (χ3n) is 1.97. The number of rotatable bonds is 4. The van der Waals surface area contributed by atoms with Crippen molar-refractivity contribution >= 4 is 11.8 Å². The molecule has 1 aromatic heterocycles. The summed E-state index contributed by atoms with van der Waals surface area (Å²) in [6, 6.07) is 0.161. The van der Waals surface area contributed by atoms with Crippen molar-refractivity contribution in [2.45, 2.75) is 33.2 Å². The fraction of sp³-hybridized carbons (Fsp3) is 0.600. The summed E-state index contributed by atoms with van der Waals surface area (Å²) in [6.45, 7) is 6.21. The molecular weight excluding hydrogens is 195 g/mol. The van der Waals surface area contributed by atoms with Crippen LogP contribution >= 0.6 is 0 Å². The second kappa shape index (κ2) is 4.91. The molecule has 0 saturated carbocycles. The summed E-state index contributed by atoms with van der Waals surface area (Å²) in [6.07, 6.45) is 2.02. The second-order valence-electron chi connectivity index (χ2n) is 4.10. The number of hydrogen-bond acceptors (Lipinski definition) is 4. The van der Waals surface area contributed by atoms with Gasteiger partial charge < -0.3 is 11.1 Å². The molecule has 1 heterocycles. The lowest BCUT2D eigenvalue weighted by Crippen LogP contribution is -2.19. The summed E-state index contributed by atoms with van der Waals surface area (Å²) in [5.74, 6) is 0.334. The predicted molar refractivity (Wildman–Crippen MR) is 58.9 cm³/mol. The molecule has 0 aliphatic carbocycles. The van der Waals surface area contributed by atoms with Crippen molar-refractivity contribution < 1.29 is 4.39 Å². The Labute approximate surface area is 89.1 Å². The van der Waals surface area contributed by atoms with E-state index < -0.39 is 5.82 Å². The summed E-state index contributed by atoms with van der Waals surface area (Å²) >= 11 is 0. The molecule has 0 spiro atoms. The minimum atomic E-state index is -0.472. The molecule has 0 saturated heterocycles. The molecule has 1 unspecified atom stereocenters. The molecule has 5 heteroatoms. The van der Waals surface area contributed by atoms with E-state index in [1.165, 1.54) is 0 Å². The van der Waals surface area contributed by atoms with Crippen LogP contribution in [0.1, 0.15) is 27.2 Å². The van der Waals surface area contributed by atoms with E-state index in [0.29, 0.717) is 5.92 Å². The third-order valence-corrected chi connectivity index (χ3v) is 1.97. The van der Waals surface area contributed by atoms with E-state index in [4.69, 9.17) is 5.73 Å². The summed E-state index contributed by atoms with van der Waals surface area (Å²) < 4.78 is 13.2. The fourth-order valence-corrected chi connectivity index (χ4v) is 1.48. The molecule has 15 heavy (non-hydrogen) atoms. The van der Waals surface area contributed by atoms with Crippen LogP contribution in [0.25, 0.3) is 0 Å². The van der Waals surface area contributed by atoms with E-state index in [1.807, 2.05) is 6.92 Å². The minimum absolute atomic E-state index is 0.0793. The summed E-state index contributed by atoms with van der Waals surface area (Å²) in [5.41, 5.74) is 5.38. The second-order valence-corrected chi connectivity index (χ2v) is 4.10. The fourth-order valence-electron chi connectivity index (χ4n) is 1.48. The van der Waals surface area contributed by atoms with Crippen molar-refractivity contribution in [3.05, 3.63) is 12.0 Å². The highest BCUT2D eigenvalue weighted by atomic mass is 19.1. The molecule has 0 fully saturated rings. The molecule has 0 aliphatic rings. The maximum Gasteiger partial charge on any atom is 0.222 e. The Morgan fingerprint density at radius 2 is 2.13 bits per heavy atom. The van der Waals surface area contributed by atoms with Crippen molar-refractivity contribution in [3.63, 3.8) is 0 Å². The zero-order chi connectivity index (χ0) is 11.4. The van der Waals surface area contributed by atoms with E-state index in [2.05, 4.69) is 29.1 Å². The maximum absolute atomic E-state index is 13.2. The van der Waals surface area contributed by atoms with Gasteiger partial charge >= 0.3 is 0 Å². The first kappa shape index (κ1) is 11.7.